The van der Waals surface area contributed by atoms with Crippen LogP contribution < -0.4 is 0 Å². The maximum Gasteiger partial charge on any atom is 0.247 e. The van der Waals surface area contributed by atoms with Crippen molar-refractivity contribution < 1.29 is 13.5 Å². The highest BCUT2D eigenvalue weighted by atomic mass is 32.2. The predicted molar refractivity (Wildman–Crippen MR) is 114 cm³/mol. The topological polar surface area (TPSA) is 78.9 Å². The van der Waals surface area contributed by atoms with Crippen LogP contribution in [0.15, 0.2) is 64.2 Å². The molecule has 5 rings (SSSR count). The minimum absolute atomic E-state index is 0.114. The van der Waals surface area contributed by atoms with Gasteiger partial charge in [0.2, 0.25) is 11.8 Å². The van der Waals surface area contributed by atoms with Crippen LogP contribution in [0.2, 0.25) is 0 Å². The third-order valence-corrected chi connectivity index (χ3v) is 5.99. The number of ether oxygens (including phenoxy) is 1. The van der Waals surface area contributed by atoms with Crippen molar-refractivity contribution in [3.63, 3.8) is 0 Å². The van der Waals surface area contributed by atoms with Gasteiger partial charge in [-0.2, -0.15) is 0 Å². The van der Waals surface area contributed by atoms with Crippen molar-refractivity contribution in [3.05, 3.63) is 66.3 Å². The van der Waals surface area contributed by atoms with Crippen LogP contribution in [0, 0.1) is 5.82 Å². The Morgan fingerprint density at radius 1 is 0.968 bits per heavy atom. The molecule has 1 atom stereocenters. The standard InChI is InChI=1S/C22H20FN5O2S/c23-17-10-8-15(9-11-17)20-25-27-22(28(20)13-18-7-4-12-29-18)31-14-19-24-26-21(30-19)16-5-2-1-3-6-16/h1-3,5-6,8-11,18H,4,7,12-14H2/t18-/m1/s1. The maximum atomic E-state index is 13.4. The Balaban J connectivity index is 1.37. The molecular weight excluding hydrogens is 417 g/mol. The summed E-state index contributed by atoms with van der Waals surface area (Å²) in [5, 5.41) is 17.8. The lowest BCUT2D eigenvalue weighted by molar-refractivity contribution is 0.0953. The van der Waals surface area contributed by atoms with Crippen LogP contribution in [0.1, 0.15) is 18.7 Å². The first-order valence-corrected chi connectivity index (χ1v) is 11.1. The number of nitrogens with zero attached hydrogens (tertiary/aromatic N) is 5. The minimum atomic E-state index is -0.283. The minimum Gasteiger partial charge on any atom is -0.420 e. The smallest absolute Gasteiger partial charge is 0.247 e. The molecule has 3 heterocycles. The second kappa shape index (κ2) is 8.99. The van der Waals surface area contributed by atoms with Gasteiger partial charge in [0.25, 0.3) is 0 Å². The molecule has 2 aromatic heterocycles. The van der Waals surface area contributed by atoms with E-state index >= 15 is 0 Å². The highest BCUT2D eigenvalue weighted by molar-refractivity contribution is 7.98. The first-order chi connectivity index (χ1) is 15.3. The van der Waals surface area contributed by atoms with Gasteiger partial charge in [0, 0.05) is 17.7 Å². The number of thioether (sulfide) groups is 1. The van der Waals surface area contributed by atoms with Crippen molar-refractivity contribution in [2.24, 2.45) is 0 Å². The fourth-order valence-electron chi connectivity index (χ4n) is 3.50. The van der Waals surface area contributed by atoms with Crippen molar-refractivity contribution >= 4 is 11.8 Å². The first kappa shape index (κ1) is 19.9. The zero-order valence-electron chi connectivity index (χ0n) is 16.6. The number of halogens is 1. The Labute approximate surface area is 182 Å². The Morgan fingerprint density at radius 3 is 2.58 bits per heavy atom. The van der Waals surface area contributed by atoms with Gasteiger partial charge in [-0.25, -0.2) is 4.39 Å². The molecule has 31 heavy (non-hydrogen) atoms. The molecule has 9 heteroatoms. The molecule has 1 aliphatic rings. The van der Waals surface area contributed by atoms with E-state index in [1.54, 1.807) is 12.1 Å². The predicted octanol–water partition coefficient (Wildman–Crippen LogP) is 4.61. The number of benzene rings is 2. The van der Waals surface area contributed by atoms with Gasteiger partial charge >= 0.3 is 0 Å². The summed E-state index contributed by atoms with van der Waals surface area (Å²) >= 11 is 1.47. The quantitative estimate of drug-likeness (QED) is 0.391. The van der Waals surface area contributed by atoms with E-state index in [-0.39, 0.29) is 11.9 Å². The van der Waals surface area contributed by atoms with Gasteiger partial charge in [-0.15, -0.1) is 20.4 Å². The number of rotatable bonds is 7. The number of hydrogen-bond acceptors (Lipinski definition) is 7. The highest BCUT2D eigenvalue weighted by Crippen LogP contribution is 2.29. The van der Waals surface area contributed by atoms with Crippen molar-refractivity contribution in [2.45, 2.75) is 36.4 Å². The second-order valence-electron chi connectivity index (χ2n) is 7.21. The van der Waals surface area contributed by atoms with Gasteiger partial charge in [-0.05, 0) is 49.2 Å². The molecule has 0 saturated carbocycles. The van der Waals surface area contributed by atoms with E-state index in [1.807, 2.05) is 34.9 Å². The van der Waals surface area contributed by atoms with Crippen LogP contribution >= 0.6 is 11.8 Å². The van der Waals surface area contributed by atoms with E-state index in [0.717, 1.165) is 35.7 Å². The molecule has 0 unspecified atom stereocenters. The van der Waals surface area contributed by atoms with Crippen molar-refractivity contribution in [1.82, 2.24) is 25.0 Å². The monoisotopic (exact) mass is 437 g/mol. The van der Waals surface area contributed by atoms with Gasteiger partial charge < -0.3 is 9.15 Å². The normalized spacial score (nSPS) is 16.1. The number of hydrogen-bond donors (Lipinski definition) is 0. The average molecular weight is 438 g/mol. The summed E-state index contributed by atoms with van der Waals surface area (Å²) in [5.41, 5.74) is 1.69. The SMILES string of the molecule is Fc1ccc(-c2nnc(SCc3nnc(-c4ccccc4)o3)n2C[C@H]2CCCO2)cc1. The molecule has 1 saturated heterocycles. The van der Waals surface area contributed by atoms with E-state index in [2.05, 4.69) is 20.4 Å². The fraction of sp³-hybridized carbons (Fsp3) is 0.273. The largest absolute Gasteiger partial charge is 0.420 e. The molecule has 0 N–H and O–H groups in total. The molecule has 2 aromatic carbocycles. The van der Waals surface area contributed by atoms with E-state index < -0.39 is 0 Å². The van der Waals surface area contributed by atoms with Gasteiger partial charge in [0.1, 0.15) is 5.82 Å². The highest BCUT2D eigenvalue weighted by Gasteiger charge is 2.22. The molecule has 0 amide bonds. The maximum absolute atomic E-state index is 13.4. The molecule has 158 valence electrons. The summed E-state index contributed by atoms with van der Waals surface area (Å²) in [7, 11) is 0. The summed E-state index contributed by atoms with van der Waals surface area (Å²) < 4.78 is 27.0. The Hall–Kier alpha value is -3.04. The van der Waals surface area contributed by atoms with Crippen LogP contribution in [0.4, 0.5) is 4.39 Å². The summed E-state index contributed by atoms with van der Waals surface area (Å²) in [6.07, 6.45) is 2.16. The van der Waals surface area contributed by atoms with Crippen molar-refractivity contribution in [1.29, 1.82) is 0 Å². The van der Waals surface area contributed by atoms with Gasteiger partial charge in [-0.3, -0.25) is 4.57 Å². The molecule has 7 nitrogen and oxygen atoms in total. The van der Waals surface area contributed by atoms with E-state index in [0.29, 0.717) is 29.9 Å². The molecule has 0 bridgehead atoms. The van der Waals surface area contributed by atoms with Crippen LogP contribution in [0.25, 0.3) is 22.8 Å². The third-order valence-electron chi connectivity index (χ3n) is 5.04. The van der Waals surface area contributed by atoms with Crippen LogP contribution in [0.5, 0.6) is 0 Å². The van der Waals surface area contributed by atoms with Crippen molar-refractivity contribution in [3.8, 4) is 22.8 Å². The van der Waals surface area contributed by atoms with Crippen molar-refractivity contribution in [2.75, 3.05) is 6.61 Å². The molecule has 0 radical (unpaired) electrons. The van der Waals surface area contributed by atoms with Crippen LogP contribution in [-0.2, 0) is 17.0 Å². The Kier molecular flexibility index (Phi) is 5.77. The lowest BCUT2D eigenvalue weighted by atomic mass is 10.2. The summed E-state index contributed by atoms with van der Waals surface area (Å²) in [5.74, 6) is 1.87. The fourth-order valence-corrected chi connectivity index (χ4v) is 4.28. The van der Waals surface area contributed by atoms with Gasteiger partial charge in [0.05, 0.1) is 18.4 Å². The summed E-state index contributed by atoms with van der Waals surface area (Å²) in [4.78, 5) is 0. The molecule has 0 spiro atoms. The lowest BCUT2D eigenvalue weighted by Crippen LogP contribution is -2.16. The molecule has 1 aliphatic heterocycles. The summed E-state index contributed by atoms with van der Waals surface area (Å²) in [6.45, 7) is 1.41. The molecule has 1 fully saturated rings. The van der Waals surface area contributed by atoms with E-state index in [9.17, 15) is 4.39 Å². The lowest BCUT2D eigenvalue weighted by Gasteiger charge is -2.14. The van der Waals surface area contributed by atoms with Crippen LogP contribution in [0.3, 0.4) is 0 Å². The summed E-state index contributed by atoms with van der Waals surface area (Å²) in [6, 6.07) is 15.9. The third kappa shape index (κ3) is 4.52. The molecule has 4 aromatic rings. The number of aromatic nitrogens is 5. The van der Waals surface area contributed by atoms with Gasteiger partial charge in [0.15, 0.2) is 11.0 Å². The second-order valence-corrected chi connectivity index (χ2v) is 8.16. The van der Waals surface area contributed by atoms with E-state index in [4.69, 9.17) is 9.15 Å². The average Bonchev–Trinajstić information content (AvgIpc) is 3.56. The molecule has 0 aliphatic carbocycles. The van der Waals surface area contributed by atoms with Gasteiger partial charge in [-0.1, -0.05) is 30.0 Å². The van der Waals surface area contributed by atoms with Crippen LogP contribution in [-0.4, -0.2) is 37.7 Å². The zero-order chi connectivity index (χ0) is 21.0. The van der Waals surface area contributed by atoms with E-state index in [1.165, 1.54) is 23.9 Å². The Morgan fingerprint density at radius 2 is 1.81 bits per heavy atom. The zero-order valence-corrected chi connectivity index (χ0v) is 17.5. The Bertz CT molecular complexity index is 1140. The molecular formula is C22H20FN5O2S. The first-order valence-electron chi connectivity index (χ1n) is 10.1.